The van der Waals surface area contributed by atoms with Crippen molar-refractivity contribution in [1.29, 1.82) is 0 Å². The fourth-order valence-electron chi connectivity index (χ4n) is 4.79. The Morgan fingerprint density at radius 2 is 1.68 bits per heavy atom. The lowest BCUT2D eigenvalue weighted by molar-refractivity contribution is -0.131. The summed E-state index contributed by atoms with van der Waals surface area (Å²) in [4.78, 5) is 32.0. The predicted octanol–water partition coefficient (Wildman–Crippen LogP) is 3.99. The number of rotatable bonds is 8. The average molecular weight is 544 g/mol. The molecule has 2 aromatic carbocycles. The fraction of sp³-hybridized carbons (Fsp3) is 0.517. The molecule has 208 valence electrons. The number of hydrogen-bond acceptors (Lipinski definition) is 6. The Morgan fingerprint density at radius 1 is 0.974 bits per heavy atom. The number of benzene rings is 2. The van der Waals surface area contributed by atoms with Gasteiger partial charge in [0.05, 0.1) is 17.3 Å². The van der Waals surface area contributed by atoms with Gasteiger partial charge in [0, 0.05) is 51.8 Å². The molecule has 0 atom stereocenters. The van der Waals surface area contributed by atoms with E-state index in [9.17, 15) is 18.0 Å². The summed E-state index contributed by atoms with van der Waals surface area (Å²) in [6, 6.07) is 14.0. The molecule has 0 N–H and O–H groups in total. The fourth-order valence-corrected chi connectivity index (χ4v) is 6.02. The van der Waals surface area contributed by atoms with Gasteiger partial charge in [0.2, 0.25) is 11.8 Å². The second-order valence-corrected chi connectivity index (χ2v) is 12.2. The van der Waals surface area contributed by atoms with Gasteiger partial charge in [-0.1, -0.05) is 32.0 Å². The third kappa shape index (κ3) is 8.30. The van der Waals surface area contributed by atoms with Crippen LogP contribution in [0.4, 0.5) is 5.69 Å². The molecule has 0 spiro atoms. The summed E-state index contributed by atoms with van der Waals surface area (Å²) in [5.41, 5.74) is 1.68. The number of nitrogens with zero attached hydrogens (tertiary/aromatic N) is 3. The van der Waals surface area contributed by atoms with Crippen molar-refractivity contribution in [1.82, 2.24) is 9.80 Å². The van der Waals surface area contributed by atoms with Crippen LogP contribution in [0.1, 0.15) is 46.1 Å². The van der Waals surface area contributed by atoms with Gasteiger partial charge in [-0.05, 0) is 61.7 Å². The lowest BCUT2D eigenvalue weighted by Crippen LogP contribution is -2.40. The van der Waals surface area contributed by atoms with Crippen LogP contribution < -0.4 is 9.64 Å². The van der Waals surface area contributed by atoms with Gasteiger partial charge < -0.3 is 19.4 Å². The van der Waals surface area contributed by atoms with E-state index in [0.717, 1.165) is 30.8 Å². The van der Waals surface area contributed by atoms with Crippen molar-refractivity contribution < 1.29 is 22.7 Å². The molecule has 8 nitrogen and oxygen atoms in total. The maximum atomic E-state index is 13.5. The highest BCUT2D eigenvalue weighted by Gasteiger charge is 2.24. The Balaban J connectivity index is 1.81. The molecule has 9 heteroatoms. The summed E-state index contributed by atoms with van der Waals surface area (Å²) < 4.78 is 31.4. The molecular weight excluding hydrogens is 502 g/mol. The van der Waals surface area contributed by atoms with Crippen LogP contribution in [-0.4, -0.2) is 75.1 Å². The van der Waals surface area contributed by atoms with Gasteiger partial charge in [0.15, 0.2) is 9.84 Å². The predicted molar refractivity (Wildman–Crippen MR) is 150 cm³/mol. The van der Waals surface area contributed by atoms with E-state index in [1.807, 2.05) is 31.2 Å². The second kappa shape index (κ2) is 13.8. The topological polar surface area (TPSA) is 87.2 Å². The number of fused-ring (bicyclic) bond motifs is 1. The smallest absolute Gasteiger partial charge is 0.223 e. The van der Waals surface area contributed by atoms with E-state index < -0.39 is 9.84 Å². The Bertz CT molecular complexity index is 1180. The first-order valence-electron chi connectivity index (χ1n) is 13.4. The molecular formula is C29H41N3O5S. The molecule has 0 bridgehead atoms. The molecule has 2 amide bonds. The zero-order chi connectivity index (χ0) is 27.7. The maximum Gasteiger partial charge on any atom is 0.223 e. The first-order chi connectivity index (χ1) is 18.1. The molecule has 3 rings (SSSR count). The van der Waals surface area contributed by atoms with E-state index in [0.29, 0.717) is 44.5 Å². The van der Waals surface area contributed by atoms with Crippen molar-refractivity contribution in [2.45, 2.75) is 52.0 Å². The minimum Gasteiger partial charge on any atom is -0.494 e. The van der Waals surface area contributed by atoms with Crippen LogP contribution in [0.3, 0.4) is 0 Å². The number of amides is 2. The SMILES string of the molecule is CCOc1ccc(S(=O)(=O)CCC(=O)N2CCN(CC(C)C)CCCN(C(C)=O)c3ccccc3C2)cc1. The highest BCUT2D eigenvalue weighted by Crippen LogP contribution is 2.24. The second-order valence-electron chi connectivity index (χ2n) is 10.1. The number of carbonyl (C=O) groups excluding carboxylic acids is 2. The number of ether oxygens (including phenoxy) is 1. The lowest BCUT2D eigenvalue weighted by atomic mass is 10.1. The minimum absolute atomic E-state index is 0.0357. The Labute approximate surface area is 227 Å². The summed E-state index contributed by atoms with van der Waals surface area (Å²) >= 11 is 0. The Morgan fingerprint density at radius 3 is 2.34 bits per heavy atom. The lowest BCUT2D eigenvalue weighted by Gasteiger charge is -2.29. The quantitative estimate of drug-likeness (QED) is 0.500. The molecule has 0 aromatic heterocycles. The average Bonchev–Trinajstić information content (AvgIpc) is 2.91. The molecule has 0 fully saturated rings. The van der Waals surface area contributed by atoms with E-state index in [1.54, 1.807) is 28.9 Å². The van der Waals surface area contributed by atoms with Crippen molar-refractivity contribution >= 4 is 27.3 Å². The van der Waals surface area contributed by atoms with Crippen LogP contribution in [0.15, 0.2) is 53.4 Å². The van der Waals surface area contributed by atoms with Crippen molar-refractivity contribution in [3.05, 3.63) is 54.1 Å². The summed E-state index contributed by atoms with van der Waals surface area (Å²) in [5, 5.41) is 0. The molecule has 2 aromatic rings. The van der Waals surface area contributed by atoms with Crippen LogP contribution in [0.25, 0.3) is 0 Å². The van der Waals surface area contributed by atoms with Crippen LogP contribution in [0.2, 0.25) is 0 Å². The first kappa shape index (κ1) is 29.6. The van der Waals surface area contributed by atoms with E-state index in [4.69, 9.17) is 4.74 Å². The van der Waals surface area contributed by atoms with Crippen LogP contribution >= 0.6 is 0 Å². The summed E-state index contributed by atoms with van der Waals surface area (Å²) in [6.45, 7) is 12.1. The van der Waals surface area contributed by atoms with Crippen molar-refractivity contribution in [2.75, 3.05) is 50.0 Å². The molecule has 0 radical (unpaired) electrons. The highest BCUT2D eigenvalue weighted by atomic mass is 32.2. The third-order valence-electron chi connectivity index (χ3n) is 6.62. The van der Waals surface area contributed by atoms with Crippen LogP contribution in [-0.2, 0) is 26.0 Å². The van der Waals surface area contributed by atoms with Gasteiger partial charge in [-0.3, -0.25) is 9.59 Å². The van der Waals surface area contributed by atoms with Crippen molar-refractivity contribution in [3.63, 3.8) is 0 Å². The minimum atomic E-state index is -3.63. The van der Waals surface area contributed by atoms with Gasteiger partial charge >= 0.3 is 0 Å². The third-order valence-corrected chi connectivity index (χ3v) is 8.35. The standard InChI is InChI=1S/C29H41N3O5S/c1-5-37-26-11-13-27(14-12-26)38(35,36)20-15-29(34)31-19-18-30(21-23(2)3)16-8-17-32(24(4)33)28-10-7-6-9-25(28)22-31/h6-7,9-14,23H,5,8,15-22H2,1-4H3. The summed E-state index contributed by atoms with van der Waals surface area (Å²) in [5.74, 6) is 0.548. The van der Waals surface area contributed by atoms with E-state index in [-0.39, 0.29) is 28.9 Å². The van der Waals surface area contributed by atoms with Gasteiger partial charge in [-0.15, -0.1) is 0 Å². The zero-order valence-corrected chi connectivity index (χ0v) is 23.9. The largest absolute Gasteiger partial charge is 0.494 e. The van der Waals surface area contributed by atoms with Gasteiger partial charge in [-0.25, -0.2) is 8.42 Å². The Kier molecular flexibility index (Phi) is 10.7. The number of sulfone groups is 1. The molecule has 1 heterocycles. The zero-order valence-electron chi connectivity index (χ0n) is 23.1. The van der Waals surface area contributed by atoms with E-state index >= 15 is 0 Å². The molecule has 0 saturated heterocycles. The van der Waals surface area contributed by atoms with Gasteiger partial charge in [-0.2, -0.15) is 0 Å². The summed E-state index contributed by atoms with van der Waals surface area (Å²) in [7, 11) is -3.63. The molecule has 0 aliphatic carbocycles. The number of carbonyl (C=O) groups is 2. The molecule has 38 heavy (non-hydrogen) atoms. The van der Waals surface area contributed by atoms with Crippen molar-refractivity contribution in [2.24, 2.45) is 5.92 Å². The number of para-hydroxylation sites is 1. The molecule has 1 aliphatic rings. The molecule has 1 aliphatic heterocycles. The van der Waals surface area contributed by atoms with E-state index in [1.165, 1.54) is 12.1 Å². The maximum absolute atomic E-state index is 13.5. The molecule has 0 unspecified atom stereocenters. The summed E-state index contributed by atoms with van der Waals surface area (Å²) in [6.07, 6.45) is 0.716. The van der Waals surface area contributed by atoms with Gasteiger partial charge in [0.25, 0.3) is 0 Å². The van der Waals surface area contributed by atoms with Crippen LogP contribution in [0.5, 0.6) is 5.75 Å². The van der Waals surface area contributed by atoms with Crippen LogP contribution in [0, 0.1) is 5.92 Å². The highest BCUT2D eigenvalue weighted by molar-refractivity contribution is 7.91. The Hall–Kier alpha value is -2.91. The number of hydrogen-bond donors (Lipinski definition) is 0. The monoisotopic (exact) mass is 543 g/mol. The molecule has 0 saturated carbocycles. The van der Waals surface area contributed by atoms with E-state index in [2.05, 4.69) is 18.7 Å². The normalized spacial score (nSPS) is 15.6. The van der Waals surface area contributed by atoms with Gasteiger partial charge in [0.1, 0.15) is 5.75 Å². The number of anilines is 1. The van der Waals surface area contributed by atoms with Crippen molar-refractivity contribution in [3.8, 4) is 5.75 Å². The first-order valence-corrected chi connectivity index (χ1v) is 15.1.